The monoisotopic (exact) mass is 275 g/mol. The van der Waals surface area contributed by atoms with Gasteiger partial charge in [0.1, 0.15) is 18.1 Å². The van der Waals surface area contributed by atoms with Crippen molar-refractivity contribution in [3.05, 3.63) is 63.7 Å². The molecule has 0 saturated heterocycles. The molecule has 0 heterocycles. The second-order valence-electron chi connectivity index (χ2n) is 4.16. The molecule has 0 saturated carbocycles. The molecule has 0 unspecified atom stereocenters. The summed E-state index contributed by atoms with van der Waals surface area (Å²) >= 11 is 0. The first kappa shape index (κ1) is 13.8. The van der Waals surface area contributed by atoms with Crippen LogP contribution in [0.2, 0.25) is 0 Å². The Morgan fingerprint density at radius 1 is 1.15 bits per heavy atom. The minimum absolute atomic E-state index is 0.0916. The number of phenolic OH excluding ortho intramolecular Hbond substituents is 1. The van der Waals surface area contributed by atoms with Gasteiger partial charge in [-0.2, -0.15) is 0 Å². The third kappa shape index (κ3) is 3.24. The third-order valence-electron chi connectivity index (χ3n) is 2.76. The SMILES string of the molecule is O=[N+]([O-])c1ccc(OCc2ccc(O)cc2)c(CO)c1. The van der Waals surface area contributed by atoms with Gasteiger partial charge < -0.3 is 14.9 Å². The van der Waals surface area contributed by atoms with Crippen LogP contribution < -0.4 is 4.74 Å². The maximum absolute atomic E-state index is 10.7. The summed E-state index contributed by atoms with van der Waals surface area (Å²) < 4.78 is 5.52. The Morgan fingerprint density at radius 3 is 2.45 bits per heavy atom. The van der Waals surface area contributed by atoms with Gasteiger partial charge >= 0.3 is 0 Å². The molecule has 0 spiro atoms. The summed E-state index contributed by atoms with van der Waals surface area (Å²) in [6.45, 7) is -0.0995. The lowest BCUT2D eigenvalue weighted by molar-refractivity contribution is -0.385. The van der Waals surface area contributed by atoms with Gasteiger partial charge in [-0.3, -0.25) is 10.1 Å². The Balaban J connectivity index is 2.12. The van der Waals surface area contributed by atoms with E-state index in [1.54, 1.807) is 24.3 Å². The molecule has 20 heavy (non-hydrogen) atoms. The zero-order valence-corrected chi connectivity index (χ0v) is 10.5. The number of nitro benzene ring substituents is 1. The summed E-state index contributed by atoms with van der Waals surface area (Å²) in [7, 11) is 0. The Hall–Kier alpha value is -2.60. The van der Waals surface area contributed by atoms with Gasteiger partial charge in [-0.05, 0) is 23.8 Å². The fraction of sp³-hybridized carbons (Fsp3) is 0.143. The van der Waals surface area contributed by atoms with Crippen molar-refractivity contribution >= 4 is 5.69 Å². The lowest BCUT2D eigenvalue weighted by Gasteiger charge is -2.10. The number of rotatable bonds is 5. The normalized spacial score (nSPS) is 10.2. The zero-order valence-electron chi connectivity index (χ0n) is 10.5. The first-order chi connectivity index (χ1) is 9.60. The zero-order chi connectivity index (χ0) is 14.5. The molecule has 2 aromatic carbocycles. The van der Waals surface area contributed by atoms with Crippen LogP contribution in [-0.2, 0) is 13.2 Å². The third-order valence-corrected chi connectivity index (χ3v) is 2.76. The second-order valence-corrected chi connectivity index (χ2v) is 4.16. The molecule has 6 nitrogen and oxygen atoms in total. The average molecular weight is 275 g/mol. The molecule has 104 valence electrons. The molecule has 6 heteroatoms. The average Bonchev–Trinajstić information content (AvgIpc) is 2.46. The molecule has 0 fully saturated rings. The fourth-order valence-corrected chi connectivity index (χ4v) is 1.70. The number of nitrogens with zero attached hydrogens (tertiary/aromatic N) is 1. The van der Waals surface area contributed by atoms with Gasteiger partial charge in [-0.25, -0.2) is 0 Å². The first-order valence-electron chi connectivity index (χ1n) is 5.89. The van der Waals surface area contributed by atoms with E-state index in [0.29, 0.717) is 11.3 Å². The highest BCUT2D eigenvalue weighted by molar-refractivity contribution is 5.43. The lowest BCUT2D eigenvalue weighted by atomic mass is 10.2. The molecule has 0 atom stereocenters. The Labute approximate surface area is 115 Å². The minimum atomic E-state index is -0.525. The number of hydrogen-bond acceptors (Lipinski definition) is 5. The number of phenols is 1. The van der Waals surface area contributed by atoms with E-state index >= 15 is 0 Å². The van der Waals surface area contributed by atoms with E-state index in [1.165, 1.54) is 18.2 Å². The minimum Gasteiger partial charge on any atom is -0.508 e. The van der Waals surface area contributed by atoms with Gasteiger partial charge in [-0.1, -0.05) is 12.1 Å². The van der Waals surface area contributed by atoms with Crippen molar-refractivity contribution in [1.82, 2.24) is 0 Å². The Morgan fingerprint density at radius 2 is 1.85 bits per heavy atom. The quantitative estimate of drug-likeness (QED) is 0.645. The maximum atomic E-state index is 10.7. The number of benzene rings is 2. The molecule has 0 aromatic heterocycles. The smallest absolute Gasteiger partial charge is 0.270 e. The van der Waals surface area contributed by atoms with Crippen molar-refractivity contribution < 1.29 is 19.9 Å². The van der Waals surface area contributed by atoms with Crippen molar-refractivity contribution in [3.63, 3.8) is 0 Å². The van der Waals surface area contributed by atoms with Gasteiger partial charge in [0, 0.05) is 17.7 Å². The summed E-state index contributed by atoms with van der Waals surface area (Å²) in [4.78, 5) is 10.1. The van der Waals surface area contributed by atoms with Crippen LogP contribution in [0.25, 0.3) is 0 Å². The number of non-ortho nitro benzene ring substituents is 1. The fourth-order valence-electron chi connectivity index (χ4n) is 1.70. The molecule has 0 amide bonds. The largest absolute Gasteiger partial charge is 0.508 e. The number of aliphatic hydroxyl groups is 1. The molecule has 2 rings (SSSR count). The van der Waals surface area contributed by atoms with Gasteiger partial charge in [-0.15, -0.1) is 0 Å². The number of aromatic hydroxyl groups is 1. The molecule has 0 aliphatic heterocycles. The standard InChI is InChI=1S/C14H13NO5/c16-8-11-7-12(15(18)19)3-6-14(11)20-9-10-1-4-13(17)5-2-10/h1-7,16-17H,8-9H2. The number of nitro groups is 1. The number of ether oxygens (including phenoxy) is 1. The van der Waals surface area contributed by atoms with Crippen LogP contribution in [0, 0.1) is 10.1 Å². The lowest BCUT2D eigenvalue weighted by Crippen LogP contribution is -2.00. The van der Waals surface area contributed by atoms with Crippen molar-refractivity contribution in [2.75, 3.05) is 0 Å². The van der Waals surface area contributed by atoms with E-state index in [1.807, 2.05) is 0 Å². The van der Waals surface area contributed by atoms with E-state index in [2.05, 4.69) is 0 Å². The van der Waals surface area contributed by atoms with Crippen molar-refractivity contribution in [2.24, 2.45) is 0 Å². The highest BCUT2D eigenvalue weighted by atomic mass is 16.6. The summed E-state index contributed by atoms with van der Waals surface area (Å²) in [6, 6.07) is 10.6. The highest BCUT2D eigenvalue weighted by Crippen LogP contribution is 2.25. The Bertz CT molecular complexity index is 609. The van der Waals surface area contributed by atoms with Crippen LogP contribution in [0.3, 0.4) is 0 Å². The number of hydrogen-bond donors (Lipinski definition) is 2. The van der Waals surface area contributed by atoms with E-state index < -0.39 is 4.92 Å². The van der Waals surface area contributed by atoms with Gasteiger partial charge in [0.05, 0.1) is 11.5 Å². The van der Waals surface area contributed by atoms with Gasteiger partial charge in [0.2, 0.25) is 0 Å². The van der Waals surface area contributed by atoms with E-state index in [9.17, 15) is 15.2 Å². The molecular weight excluding hydrogens is 262 g/mol. The topological polar surface area (TPSA) is 92.8 Å². The predicted octanol–water partition coefficient (Wildman–Crippen LogP) is 2.37. The van der Waals surface area contributed by atoms with Crippen LogP contribution in [0.1, 0.15) is 11.1 Å². The second kappa shape index (κ2) is 6.03. The Kier molecular flexibility index (Phi) is 4.17. The van der Waals surface area contributed by atoms with E-state index in [0.717, 1.165) is 5.56 Å². The highest BCUT2D eigenvalue weighted by Gasteiger charge is 2.11. The predicted molar refractivity (Wildman–Crippen MR) is 71.5 cm³/mol. The van der Waals surface area contributed by atoms with Crippen molar-refractivity contribution in [2.45, 2.75) is 13.2 Å². The van der Waals surface area contributed by atoms with Gasteiger partial charge in [0.15, 0.2) is 0 Å². The number of aliphatic hydroxyl groups excluding tert-OH is 1. The van der Waals surface area contributed by atoms with Crippen molar-refractivity contribution in [3.8, 4) is 11.5 Å². The van der Waals surface area contributed by atoms with Crippen LogP contribution in [0.15, 0.2) is 42.5 Å². The molecule has 0 aliphatic rings. The van der Waals surface area contributed by atoms with Crippen LogP contribution in [0.4, 0.5) is 5.69 Å². The summed E-state index contributed by atoms with van der Waals surface area (Å²) in [5, 5.41) is 29.0. The van der Waals surface area contributed by atoms with Crippen LogP contribution in [0.5, 0.6) is 11.5 Å². The molecule has 0 bridgehead atoms. The summed E-state index contributed by atoms with van der Waals surface area (Å²) in [5.41, 5.74) is 1.11. The van der Waals surface area contributed by atoms with Crippen molar-refractivity contribution in [1.29, 1.82) is 0 Å². The van der Waals surface area contributed by atoms with E-state index in [4.69, 9.17) is 9.84 Å². The maximum Gasteiger partial charge on any atom is 0.270 e. The molecule has 0 radical (unpaired) electrons. The summed E-state index contributed by atoms with van der Waals surface area (Å²) in [5.74, 6) is 0.561. The first-order valence-corrected chi connectivity index (χ1v) is 5.89. The molecule has 2 aromatic rings. The summed E-state index contributed by atoms with van der Waals surface area (Å²) in [6.07, 6.45) is 0. The molecular formula is C14H13NO5. The van der Waals surface area contributed by atoms with Crippen LogP contribution in [-0.4, -0.2) is 15.1 Å². The molecule has 0 aliphatic carbocycles. The van der Waals surface area contributed by atoms with Gasteiger partial charge in [0.25, 0.3) is 5.69 Å². The molecule has 2 N–H and O–H groups in total. The van der Waals surface area contributed by atoms with E-state index in [-0.39, 0.29) is 24.7 Å². The van der Waals surface area contributed by atoms with Crippen LogP contribution >= 0.6 is 0 Å².